The molecule has 1 N–H and O–H groups in total. The second-order valence-electron chi connectivity index (χ2n) is 5.08. The van der Waals surface area contributed by atoms with Crippen molar-refractivity contribution in [2.75, 3.05) is 6.54 Å². The molecule has 4 nitrogen and oxygen atoms in total. The van der Waals surface area contributed by atoms with Gasteiger partial charge in [0.25, 0.3) is 0 Å². The molecule has 1 heterocycles. The van der Waals surface area contributed by atoms with Gasteiger partial charge in [-0.2, -0.15) is 0 Å². The van der Waals surface area contributed by atoms with E-state index in [1.807, 2.05) is 27.7 Å². The molecule has 0 aromatic rings. The van der Waals surface area contributed by atoms with Crippen molar-refractivity contribution in [2.45, 2.75) is 58.0 Å². The summed E-state index contributed by atoms with van der Waals surface area (Å²) in [7, 11) is 0. The summed E-state index contributed by atoms with van der Waals surface area (Å²) >= 11 is 0. The third kappa shape index (κ3) is 1.93. The van der Waals surface area contributed by atoms with Gasteiger partial charge in [-0.05, 0) is 26.2 Å². The molecule has 1 aliphatic heterocycles. The molecular weight excluding hydrogens is 228 g/mol. The number of nitrogens with zero attached hydrogens (tertiary/aromatic N) is 1. The van der Waals surface area contributed by atoms with E-state index in [-0.39, 0.29) is 11.8 Å². The summed E-state index contributed by atoms with van der Waals surface area (Å²) in [6.07, 6.45) is 3.51. The predicted octanol–water partition coefficient (Wildman–Crippen LogP) is 1.86. The first-order chi connectivity index (χ1) is 8.41. The molecule has 1 rings (SSSR count). The number of nitrogens with one attached hydrogen (secondary N) is 1. The van der Waals surface area contributed by atoms with E-state index in [2.05, 4.69) is 11.9 Å². The van der Waals surface area contributed by atoms with Crippen molar-refractivity contribution < 1.29 is 9.59 Å². The lowest BCUT2D eigenvalue weighted by Gasteiger charge is -2.50. The average molecular weight is 252 g/mol. The molecule has 102 valence electrons. The molecule has 0 aromatic heterocycles. The van der Waals surface area contributed by atoms with Crippen molar-refractivity contribution in [3.05, 3.63) is 12.7 Å². The molecule has 0 spiro atoms. The molecule has 18 heavy (non-hydrogen) atoms. The Morgan fingerprint density at radius 3 is 2.17 bits per heavy atom. The van der Waals surface area contributed by atoms with Crippen LogP contribution in [0.3, 0.4) is 0 Å². The fourth-order valence-electron chi connectivity index (χ4n) is 2.50. The Kier molecular flexibility index (Phi) is 4.20. The zero-order valence-electron chi connectivity index (χ0n) is 11.9. The molecule has 1 unspecified atom stereocenters. The highest BCUT2D eigenvalue weighted by Crippen LogP contribution is 2.32. The van der Waals surface area contributed by atoms with Gasteiger partial charge in [0.05, 0.1) is 0 Å². The van der Waals surface area contributed by atoms with Gasteiger partial charge in [-0.15, -0.1) is 6.58 Å². The number of amides is 2. The van der Waals surface area contributed by atoms with Crippen LogP contribution in [0.15, 0.2) is 12.7 Å². The van der Waals surface area contributed by atoms with E-state index < -0.39 is 11.1 Å². The van der Waals surface area contributed by atoms with Crippen molar-refractivity contribution in [3.8, 4) is 0 Å². The maximum Gasteiger partial charge on any atom is 0.249 e. The molecule has 0 saturated carbocycles. The molecule has 0 bridgehead atoms. The monoisotopic (exact) mass is 252 g/mol. The van der Waals surface area contributed by atoms with E-state index in [4.69, 9.17) is 0 Å². The number of piperazine rings is 1. The van der Waals surface area contributed by atoms with Crippen molar-refractivity contribution in [2.24, 2.45) is 0 Å². The molecule has 0 aliphatic carbocycles. The highest BCUT2D eigenvalue weighted by molar-refractivity contribution is 6.02. The van der Waals surface area contributed by atoms with Crippen LogP contribution in [0.4, 0.5) is 0 Å². The third-order valence-electron chi connectivity index (χ3n) is 4.30. The standard InChI is InChI=1S/C14H24N2O2/c1-6-10-16-12(18)14(8-3,9-4)15-11(17)13(16,5)7-2/h6H,1,7-10H2,2-5H3,(H,15,17). The minimum absolute atomic E-state index is 0.0105. The van der Waals surface area contributed by atoms with Crippen LogP contribution < -0.4 is 5.32 Å². The quantitative estimate of drug-likeness (QED) is 0.759. The lowest BCUT2D eigenvalue weighted by Crippen LogP contribution is -2.74. The largest absolute Gasteiger partial charge is 0.340 e. The molecule has 4 heteroatoms. The summed E-state index contributed by atoms with van der Waals surface area (Å²) in [4.78, 5) is 26.7. The van der Waals surface area contributed by atoms with Gasteiger partial charge in [-0.3, -0.25) is 9.59 Å². The van der Waals surface area contributed by atoms with Gasteiger partial charge in [0, 0.05) is 6.54 Å². The minimum Gasteiger partial charge on any atom is -0.340 e. The number of hydrogen-bond acceptors (Lipinski definition) is 2. The van der Waals surface area contributed by atoms with Gasteiger partial charge < -0.3 is 10.2 Å². The fourth-order valence-corrected chi connectivity index (χ4v) is 2.50. The van der Waals surface area contributed by atoms with Gasteiger partial charge in [0.1, 0.15) is 11.1 Å². The second-order valence-corrected chi connectivity index (χ2v) is 5.08. The van der Waals surface area contributed by atoms with E-state index in [1.54, 1.807) is 11.0 Å². The highest BCUT2D eigenvalue weighted by Gasteiger charge is 2.53. The average Bonchev–Trinajstić information content (AvgIpc) is 2.39. The van der Waals surface area contributed by atoms with Crippen LogP contribution in [0.5, 0.6) is 0 Å². The maximum atomic E-state index is 12.7. The SMILES string of the molecule is C=CCN1C(=O)C(CC)(CC)NC(=O)C1(C)CC. The zero-order chi connectivity index (χ0) is 14.0. The molecule has 1 atom stereocenters. The first-order valence-corrected chi connectivity index (χ1v) is 6.67. The van der Waals surface area contributed by atoms with Gasteiger partial charge >= 0.3 is 0 Å². The van der Waals surface area contributed by atoms with Crippen LogP contribution in [0.1, 0.15) is 47.0 Å². The molecule has 1 fully saturated rings. The van der Waals surface area contributed by atoms with E-state index in [9.17, 15) is 9.59 Å². The van der Waals surface area contributed by atoms with E-state index in [1.165, 1.54) is 0 Å². The van der Waals surface area contributed by atoms with Gasteiger partial charge in [0.15, 0.2) is 0 Å². The summed E-state index contributed by atoms with van der Waals surface area (Å²) in [6.45, 7) is 11.7. The Hall–Kier alpha value is -1.32. The summed E-state index contributed by atoms with van der Waals surface area (Å²) in [5.74, 6) is -0.0495. The van der Waals surface area contributed by atoms with Gasteiger partial charge in [0.2, 0.25) is 11.8 Å². The van der Waals surface area contributed by atoms with Crippen molar-refractivity contribution in [1.29, 1.82) is 0 Å². The highest BCUT2D eigenvalue weighted by atomic mass is 16.2. The minimum atomic E-state index is -0.765. The lowest BCUT2D eigenvalue weighted by atomic mass is 9.81. The van der Waals surface area contributed by atoms with Crippen molar-refractivity contribution in [3.63, 3.8) is 0 Å². The Bertz CT molecular complexity index is 361. The molecule has 1 saturated heterocycles. The van der Waals surface area contributed by atoms with E-state index in [0.29, 0.717) is 25.8 Å². The molecular formula is C14H24N2O2. The normalized spacial score (nSPS) is 27.0. The molecule has 0 aromatic carbocycles. The Labute approximate surface area is 109 Å². The van der Waals surface area contributed by atoms with Crippen molar-refractivity contribution in [1.82, 2.24) is 10.2 Å². The molecule has 0 radical (unpaired) electrons. The number of rotatable bonds is 5. The maximum absolute atomic E-state index is 12.7. The number of carbonyl (C=O) groups is 2. The third-order valence-corrected chi connectivity index (χ3v) is 4.30. The Morgan fingerprint density at radius 1 is 1.22 bits per heavy atom. The Morgan fingerprint density at radius 2 is 1.78 bits per heavy atom. The molecule has 2 amide bonds. The summed E-state index contributed by atoms with van der Waals surface area (Å²) in [5, 5.41) is 2.94. The first kappa shape index (κ1) is 14.7. The van der Waals surface area contributed by atoms with Gasteiger partial charge in [-0.25, -0.2) is 0 Å². The first-order valence-electron chi connectivity index (χ1n) is 6.67. The topological polar surface area (TPSA) is 49.4 Å². The van der Waals surface area contributed by atoms with Crippen LogP contribution in [-0.4, -0.2) is 34.3 Å². The van der Waals surface area contributed by atoms with Crippen LogP contribution in [-0.2, 0) is 9.59 Å². The van der Waals surface area contributed by atoms with Crippen LogP contribution in [0.25, 0.3) is 0 Å². The second kappa shape index (κ2) is 5.12. The van der Waals surface area contributed by atoms with E-state index in [0.717, 1.165) is 0 Å². The smallest absolute Gasteiger partial charge is 0.249 e. The summed E-state index contributed by atoms with van der Waals surface area (Å²) in [5.41, 5.74) is -1.51. The summed E-state index contributed by atoms with van der Waals surface area (Å²) < 4.78 is 0. The van der Waals surface area contributed by atoms with Crippen LogP contribution in [0, 0.1) is 0 Å². The number of hydrogen-bond donors (Lipinski definition) is 1. The number of carbonyl (C=O) groups excluding carboxylic acids is 2. The van der Waals surface area contributed by atoms with Crippen LogP contribution in [0.2, 0.25) is 0 Å². The summed E-state index contributed by atoms with van der Waals surface area (Å²) in [6, 6.07) is 0. The van der Waals surface area contributed by atoms with Crippen molar-refractivity contribution >= 4 is 11.8 Å². The Balaban J connectivity index is 3.24. The van der Waals surface area contributed by atoms with E-state index >= 15 is 0 Å². The zero-order valence-corrected chi connectivity index (χ0v) is 11.9. The van der Waals surface area contributed by atoms with Crippen LogP contribution >= 0.6 is 0 Å². The molecule has 1 aliphatic rings. The lowest BCUT2D eigenvalue weighted by molar-refractivity contribution is -0.162. The fraction of sp³-hybridized carbons (Fsp3) is 0.714. The van der Waals surface area contributed by atoms with Gasteiger partial charge in [-0.1, -0.05) is 26.8 Å². The predicted molar refractivity (Wildman–Crippen MR) is 72.1 cm³/mol.